The maximum atomic E-state index is 11.3. The molecular formula is C8H8BrN3O3S. The van der Waals surface area contributed by atoms with Gasteiger partial charge < -0.3 is 10.4 Å². The molecule has 0 spiro atoms. The van der Waals surface area contributed by atoms with Crippen molar-refractivity contribution in [3.8, 4) is 0 Å². The molecule has 1 aromatic rings. The van der Waals surface area contributed by atoms with E-state index in [4.69, 9.17) is 5.11 Å². The molecule has 86 valence electrons. The van der Waals surface area contributed by atoms with Crippen LogP contribution in [-0.2, 0) is 9.59 Å². The Labute approximate surface area is 104 Å². The van der Waals surface area contributed by atoms with Gasteiger partial charge in [-0.25, -0.2) is 9.97 Å². The molecule has 0 aromatic carbocycles. The molecule has 1 rings (SSSR count). The summed E-state index contributed by atoms with van der Waals surface area (Å²) in [7, 11) is 0. The number of nitrogens with one attached hydrogen (secondary N) is 1. The first-order valence-electron chi connectivity index (χ1n) is 4.15. The zero-order valence-electron chi connectivity index (χ0n) is 8.01. The van der Waals surface area contributed by atoms with Gasteiger partial charge in [0.1, 0.15) is 4.60 Å². The molecule has 6 nitrogen and oxygen atoms in total. The number of hydrogen-bond acceptors (Lipinski definition) is 5. The number of aliphatic carboxylic acids is 1. The maximum absolute atomic E-state index is 11.3. The third-order valence-electron chi connectivity index (χ3n) is 1.35. The van der Waals surface area contributed by atoms with Gasteiger partial charge in [-0.1, -0.05) is 0 Å². The largest absolute Gasteiger partial charge is 0.481 e. The first-order chi connectivity index (χ1) is 7.58. The predicted molar refractivity (Wildman–Crippen MR) is 63.3 cm³/mol. The van der Waals surface area contributed by atoms with Gasteiger partial charge in [-0.15, -0.1) is 11.8 Å². The van der Waals surface area contributed by atoms with Gasteiger partial charge in [0.25, 0.3) is 0 Å². The first-order valence-corrected chi connectivity index (χ1v) is 6.09. The average molecular weight is 306 g/mol. The standard InChI is InChI=1S/C8H8BrN3O3S/c9-5-1-11-6(2-10-5)12-7(13)3-16-4-8(14)15/h1-2H,3-4H2,(H,14,15)(H,11,12,13). The van der Waals surface area contributed by atoms with Gasteiger partial charge >= 0.3 is 5.97 Å². The van der Waals surface area contributed by atoms with Crippen LogP contribution in [0.15, 0.2) is 17.0 Å². The molecule has 0 saturated carbocycles. The van der Waals surface area contributed by atoms with Gasteiger partial charge in [0.15, 0.2) is 5.82 Å². The number of aromatic nitrogens is 2. The van der Waals surface area contributed by atoms with E-state index in [2.05, 4.69) is 31.2 Å². The number of carbonyl (C=O) groups is 2. The molecule has 1 aromatic heterocycles. The molecule has 0 bridgehead atoms. The zero-order valence-corrected chi connectivity index (χ0v) is 10.4. The second kappa shape index (κ2) is 6.44. The molecule has 1 heterocycles. The summed E-state index contributed by atoms with van der Waals surface area (Å²) in [5, 5.41) is 10.9. The molecule has 16 heavy (non-hydrogen) atoms. The lowest BCUT2D eigenvalue weighted by Crippen LogP contribution is -2.16. The van der Waals surface area contributed by atoms with Crippen LogP contribution >= 0.6 is 27.7 Å². The minimum Gasteiger partial charge on any atom is -0.481 e. The Morgan fingerprint density at radius 2 is 2.12 bits per heavy atom. The number of thioether (sulfide) groups is 1. The molecule has 0 aliphatic rings. The number of hydrogen-bond donors (Lipinski definition) is 2. The van der Waals surface area contributed by atoms with E-state index in [-0.39, 0.29) is 17.4 Å². The number of halogens is 1. The molecular weight excluding hydrogens is 298 g/mol. The van der Waals surface area contributed by atoms with Gasteiger partial charge in [0.05, 0.1) is 23.9 Å². The Morgan fingerprint density at radius 1 is 1.38 bits per heavy atom. The fourth-order valence-corrected chi connectivity index (χ4v) is 1.53. The van der Waals surface area contributed by atoms with Gasteiger partial charge in [0.2, 0.25) is 5.91 Å². The van der Waals surface area contributed by atoms with E-state index in [0.29, 0.717) is 10.4 Å². The van der Waals surface area contributed by atoms with Crippen molar-refractivity contribution in [2.75, 3.05) is 16.8 Å². The van der Waals surface area contributed by atoms with Crippen molar-refractivity contribution < 1.29 is 14.7 Å². The van der Waals surface area contributed by atoms with Crippen molar-refractivity contribution in [1.29, 1.82) is 0 Å². The van der Waals surface area contributed by atoms with E-state index < -0.39 is 5.97 Å². The highest BCUT2D eigenvalue weighted by molar-refractivity contribution is 9.10. The van der Waals surface area contributed by atoms with Crippen molar-refractivity contribution in [2.24, 2.45) is 0 Å². The lowest BCUT2D eigenvalue weighted by Gasteiger charge is -2.02. The summed E-state index contributed by atoms with van der Waals surface area (Å²) < 4.78 is 0.575. The van der Waals surface area contributed by atoms with Gasteiger partial charge in [-0.3, -0.25) is 9.59 Å². The summed E-state index contributed by atoms with van der Waals surface area (Å²) in [5.74, 6) is -0.933. The second-order valence-corrected chi connectivity index (χ2v) is 4.46. The summed E-state index contributed by atoms with van der Waals surface area (Å²) in [6.45, 7) is 0. The molecule has 0 radical (unpaired) electrons. The summed E-state index contributed by atoms with van der Waals surface area (Å²) in [6.07, 6.45) is 2.86. The number of rotatable bonds is 5. The Balaban J connectivity index is 2.34. The molecule has 0 aliphatic heterocycles. The van der Waals surface area contributed by atoms with Crippen LogP contribution in [0.2, 0.25) is 0 Å². The topological polar surface area (TPSA) is 92.2 Å². The highest BCUT2D eigenvalue weighted by atomic mass is 79.9. The van der Waals surface area contributed by atoms with Crippen molar-refractivity contribution in [1.82, 2.24) is 9.97 Å². The van der Waals surface area contributed by atoms with E-state index in [1.54, 1.807) is 0 Å². The van der Waals surface area contributed by atoms with Crippen LogP contribution in [0.1, 0.15) is 0 Å². The van der Waals surface area contributed by atoms with Gasteiger partial charge in [-0.05, 0) is 15.9 Å². The number of carboxylic acid groups (broad SMARTS) is 1. The van der Waals surface area contributed by atoms with Crippen LogP contribution in [0.25, 0.3) is 0 Å². The number of carboxylic acids is 1. The highest BCUT2D eigenvalue weighted by Gasteiger charge is 2.05. The monoisotopic (exact) mass is 305 g/mol. The number of amides is 1. The minimum atomic E-state index is -0.943. The minimum absolute atomic E-state index is 0.0735. The van der Waals surface area contributed by atoms with Crippen molar-refractivity contribution >= 4 is 45.4 Å². The summed E-state index contributed by atoms with van der Waals surface area (Å²) in [4.78, 5) is 29.2. The van der Waals surface area contributed by atoms with Crippen LogP contribution in [0.4, 0.5) is 5.82 Å². The van der Waals surface area contributed by atoms with E-state index in [1.165, 1.54) is 12.4 Å². The molecule has 0 fully saturated rings. The van der Waals surface area contributed by atoms with Crippen molar-refractivity contribution in [3.63, 3.8) is 0 Å². The summed E-state index contributed by atoms with van der Waals surface area (Å²) in [6, 6.07) is 0. The number of anilines is 1. The zero-order chi connectivity index (χ0) is 12.0. The van der Waals surface area contributed by atoms with Crippen LogP contribution in [0, 0.1) is 0 Å². The predicted octanol–water partition coefficient (Wildman–Crippen LogP) is 0.995. The second-order valence-electron chi connectivity index (χ2n) is 2.66. The van der Waals surface area contributed by atoms with Gasteiger partial charge in [-0.2, -0.15) is 0 Å². The molecule has 0 unspecified atom stereocenters. The van der Waals surface area contributed by atoms with Crippen molar-refractivity contribution in [2.45, 2.75) is 0 Å². The van der Waals surface area contributed by atoms with E-state index in [1.807, 2.05) is 0 Å². The normalized spacial score (nSPS) is 9.81. The lowest BCUT2D eigenvalue weighted by molar-refractivity contribution is -0.133. The third-order valence-corrected chi connectivity index (χ3v) is 2.67. The fraction of sp³-hybridized carbons (Fsp3) is 0.250. The van der Waals surface area contributed by atoms with E-state index in [9.17, 15) is 9.59 Å². The fourth-order valence-electron chi connectivity index (χ4n) is 0.787. The summed E-state index contributed by atoms with van der Waals surface area (Å²) in [5.41, 5.74) is 0. The molecule has 0 aliphatic carbocycles. The van der Waals surface area contributed by atoms with Crippen LogP contribution < -0.4 is 5.32 Å². The third kappa shape index (κ3) is 5.08. The Morgan fingerprint density at radius 3 is 2.69 bits per heavy atom. The Kier molecular flexibility index (Phi) is 5.20. The molecule has 0 atom stereocenters. The SMILES string of the molecule is O=C(O)CSCC(=O)Nc1cnc(Br)cn1. The van der Waals surface area contributed by atoms with E-state index in [0.717, 1.165) is 11.8 Å². The van der Waals surface area contributed by atoms with Gasteiger partial charge in [0, 0.05) is 0 Å². The number of carbonyl (C=O) groups excluding carboxylic acids is 1. The lowest BCUT2D eigenvalue weighted by atomic mass is 10.6. The molecule has 2 N–H and O–H groups in total. The number of nitrogens with zero attached hydrogens (tertiary/aromatic N) is 2. The highest BCUT2D eigenvalue weighted by Crippen LogP contribution is 2.07. The Hall–Kier alpha value is -1.15. The first kappa shape index (κ1) is 12.9. The smallest absolute Gasteiger partial charge is 0.313 e. The Bertz CT molecular complexity index is 385. The van der Waals surface area contributed by atoms with Crippen LogP contribution in [0.3, 0.4) is 0 Å². The quantitative estimate of drug-likeness (QED) is 0.843. The van der Waals surface area contributed by atoms with Crippen LogP contribution in [-0.4, -0.2) is 38.5 Å². The molecule has 1 amide bonds. The van der Waals surface area contributed by atoms with E-state index >= 15 is 0 Å². The summed E-state index contributed by atoms with van der Waals surface area (Å²) >= 11 is 4.14. The van der Waals surface area contributed by atoms with Crippen molar-refractivity contribution in [3.05, 3.63) is 17.0 Å². The maximum Gasteiger partial charge on any atom is 0.313 e. The molecule has 0 saturated heterocycles. The van der Waals surface area contributed by atoms with Crippen LogP contribution in [0.5, 0.6) is 0 Å². The average Bonchev–Trinajstić information content (AvgIpc) is 2.21. The molecule has 8 heteroatoms.